The first-order valence-electron chi connectivity index (χ1n) is 9.21. The third-order valence-corrected chi connectivity index (χ3v) is 4.67. The van der Waals surface area contributed by atoms with E-state index in [0.717, 1.165) is 13.1 Å². The van der Waals surface area contributed by atoms with Crippen LogP contribution in [0, 0.1) is 0 Å². The molecule has 5 heteroatoms. The first-order chi connectivity index (χ1) is 12.9. The van der Waals surface area contributed by atoms with Crippen molar-refractivity contribution in [3.63, 3.8) is 0 Å². The Hall–Kier alpha value is -1.85. The molecule has 0 aliphatic heterocycles. The summed E-state index contributed by atoms with van der Waals surface area (Å²) in [6.07, 6.45) is -0.383. The fourth-order valence-electron chi connectivity index (χ4n) is 2.79. The van der Waals surface area contributed by atoms with Crippen molar-refractivity contribution in [1.82, 2.24) is 10.2 Å². The van der Waals surface area contributed by atoms with E-state index in [2.05, 4.69) is 74.7 Å². The molecule has 1 amide bonds. The van der Waals surface area contributed by atoms with E-state index in [1.807, 2.05) is 32.9 Å². The molecule has 0 spiro atoms. The van der Waals surface area contributed by atoms with Crippen LogP contribution in [-0.2, 0) is 17.8 Å². The Morgan fingerprint density at radius 3 is 1.89 bits per heavy atom. The molecule has 0 aliphatic carbocycles. The minimum absolute atomic E-state index is 0.0488. The predicted octanol–water partition coefficient (Wildman–Crippen LogP) is 4.98. The summed E-state index contributed by atoms with van der Waals surface area (Å²) in [5.41, 5.74) is 1.99. The summed E-state index contributed by atoms with van der Waals surface area (Å²) in [6.45, 7) is 7.95. The fraction of sp³-hybridized carbons (Fsp3) is 0.409. The zero-order chi connectivity index (χ0) is 19.7. The number of halogens is 1. The second-order valence-corrected chi connectivity index (χ2v) is 8.29. The van der Waals surface area contributed by atoms with Crippen molar-refractivity contribution in [3.05, 3.63) is 71.8 Å². The molecular formula is C22H29BrN2O2. The molecule has 2 aromatic carbocycles. The number of hydrogen-bond acceptors (Lipinski definition) is 3. The van der Waals surface area contributed by atoms with E-state index in [4.69, 9.17) is 4.74 Å². The van der Waals surface area contributed by atoms with E-state index in [1.54, 1.807) is 0 Å². The van der Waals surface area contributed by atoms with E-state index < -0.39 is 5.60 Å². The second-order valence-electron chi connectivity index (χ2n) is 7.64. The van der Waals surface area contributed by atoms with E-state index in [1.165, 1.54) is 11.1 Å². The molecule has 2 aromatic rings. The molecule has 0 aliphatic rings. The Bertz CT molecular complexity index is 645. The highest BCUT2D eigenvalue weighted by Gasteiger charge is 2.21. The van der Waals surface area contributed by atoms with Gasteiger partial charge in [0.2, 0.25) is 0 Å². The fourth-order valence-corrected chi connectivity index (χ4v) is 3.15. The van der Waals surface area contributed by atoms with Crippen LogP contribution in [0.2, 0.25) is 0 Å². The largest absolute Gasteiger partial charge is 0.444 e. The number of ether oxygens (including phenoxy) is 1. The zero-order valence-electron chi connectivity index (χ0n) is 16.3. The van der Waals surface area contributed by atoms with Gasteiger partial charge in [-0.2, -0.15) is 0 Å². The summed E-state index contributed by atoms with van der Waals surface area (Å²) in [5, 5.41) is 3.63. The van der Waals surface area contributed by atoms with Crippen LogP contribution in [0.3, 0.4) is 0 Å². The smallest absolute Gasteiger partial charge is 0.407 e. The Morgan fingerprint density at radius 2 is 1.48 bits per heavy atom. The highest BCUT2D eigenvalue weighted by Crippen LogP contribution is 2.12. The third kappa shape index (κ3) is 8.59. The summed E-state index contributed by atoms with van der Waals surface area (Å²) in [7, 11) is 0. The molecule has 0 fully saturated rings. The standard InChI is InChI=1S/C22H29BrN2O2/c1-22(2,3)27-21(26)24-20(14-23)17-25(15-18-10-6-4-7-11-18)16-19-12-8-5-9-13-19/h4-13,20H,14-17H2,1-3H3,(H,24,26). The van der Waals surface area contributed by atoms with Gasteiger partial charge in [0.25, 0.3) is 0 Å². The number of nitrogens with one attached hydrogen (secondary N) is 1. The number of alkyl carbamates (subject to hydrolysis) is 1. The van der Waals surface area contributed by atoms with Crippen LogP contribution in [0.1, 0.15) is 31.9 Å². The van der Waals surface area contributed by atoms with Crippen molar-refractivity contribution in [3.8, 4) is 0 Å². The van der Waals surface area contributed by atoms with E-state index in [9.17, 15) is 4.79 Å². The maximum absolute atomic E-state index is 12.2. The molecule has 0 heterocycles. The van der Waals surface area contributed by atoms with Gasteiger partial charge in [-0.15, -0.1) is 0 Å². The molecule has 0 saturated heterocycles. The number of carbonyl (C=O) groups is 1. The van der Waals surface area contributed by atoms with Crippen LogP contribution in [0.5, 0.6) is 0 Å². The Balaban J connectivity index is 2.05. The lowest BCUT2D eigenvalue weighted by Gasteiger charge is -2.28. The number of benzene rings is 2. The maximum atomic E-state index is 12.2. The van der Waals surface area contributed by atoms with Gasteiger partial charge in [0.05, 0.1) is 6.04 Å². The number of nitrogens with zero attached hydrogens (tertiary/aromatic N) is 1. The highest BCUT2D eigenvalue weighted by molar-refractivity contribution is 9.09. The molecule has 1 unspecified atom stereocenters. The molecule has 0 aromatic heterocycles. The van der Waals surface area contributed by atoms with Gasteiger partial charge in [0.1, 0.15) is 5.60 Å². The van der Waals surface area contributed by atoms with Crippen LogP contribution in [0.15, 0.2) is 60.7 Å². The molecule has 0 radical (unpaired) electrons. The van der Waals surface area contributed by atoms with E-state index in [0.29, 0.717) is 11.9 Å². The SMILES string of the molecule is CC(C)(C)OC(=O)NC(CBr)CN(Cc1ccccc1)Cc1ccccc1. The van der Waals surface area contributed by atoms with Crippen LogP contribution < -0.4 is 5.32 Å². The Labute approximate surface area is 171 Å². The van der Waals surface area contributed by atoms with Gasteiger partial charge in [-0.25, -0.2) is 4.79 Å². The lowest BCUT2D eigenvalue weighted by atomic mass is 10.1. The van der Waals surface area contributed by atoms with Crippen molar-refractivity contribution < 1.29 is 9.53 Å². The number of carbonyl (C=O) groups excluding carboxylic acids is 1. The van der Waals surface area contributed by atoms with Crippen molar-refractivity contribution in [2.45, 2.75) is 45.5 Å². The van der Waals surface area contributed by atoms with Crippen molar-refractivity contribution in [2.24, 2.45) is 0 Å². The van der Waals surface area contributed by atoms with Gasteiger partial charge < -0.3 is 10.1 Å². The number of rotatable bonds is 8. The Kier molecular flexibility index (Phi) is 8.32. The lowest BCUT2D eigenvalue weighted by molar-refractivity contribution is 0.0497. The van der Waals surface area contributed by atoms with Crippen LogP contribution in [-0.4, -0.2) is 34.5 Å². The summed E-state index contributed by atoms with van der Waals surface area (Å²) in [6, 6.07) is 20.7. The molecule has 2 rings (SSSR count). The predicted molar refractivity (Wildman–Crippen MR) is 114 cm³/mol. The molecular weight excluding hydrogens is 404 g/mol. The number of alkyl halides is 1. The second kappa shape index (κ2) is 10.5. The molecule has 0 bridgehead atoms. The van der Waals surface area contributed by atoms with Gasteiger partial charge in [-0.05, 0) is 31.9 Å². The minimum Gasteiger partial charge on any atom is -0.444 e. The molecule has 0 saturated carbocycles. The maximum Gasteiger partial charge on any atom is 0.407 e. The zero-order valence-corrected chi connectivity index (χ0v) is 17.9. The monoisotopic (exact) mass is 432 g/mol. The number of amides is 1. The summed E-state index contributed by atoms with van der Waals surface area (Å²) in [4.78, 5) is 14.5. The average Bonchev–Trinajstić information content (AvgIpc) is 2.61. The summed E-state index contributed by atoms with van der Waals surface area (Å²) < 4.78 is 5.40. The lowest BCUT2D eigenvalue weighted by Crippen LogP contribution is -2.46. The molecule has 27 heavy (non-hydrogen) atoms. The normalized spacial score (nSPS) is 12.6. The quantitative estimate of drug-likeness (QED) is 0.598. The first kappa shape index (κ1) is 21.5. The number of hydrogen-bond donors (Lipinski definition) is 1. The van der Waals surface area contributed by atoms with Gasteiger partial charge in [0, 0.05) is 25.0 Å². The average molecular weight is 433 g/mol. The van der Waals surface area contributed by atoms with Gasteiger partial charge in [0.15, 0.2) is 0 Å². The summed E-state index contributed by atoms with van der Waals surface area (Å²) in [5.74, 6) is 0. The molecule has 1 atom stereocenters. The van der Waals surface area contributed by atoms with E-state index >= 15 is 0 Å². The minimum atomic E-state index is -0.505. The third-order valence-electron chi connectivity index (χ3n) is 3.88. The molecule has 146 valence electrons. The van der Waals surface area contributed by atoms with Gasteiger partial charge >= 0.3 is 6.09 Å². The van der Waals surface area contributed by atoms with Crippen molar-refractivity contribution in [1.29, 1.82) is 0 Å². The molecule has 4 nitrogen and oxygen atoms in total. The topological polar surface area (TPSA) is 41.6 Å². The van der Waals surface area contributed by atoms with Crippen LogP contribution >= 0.6 is 15.9 Å². The van der Waals surface area contributed by atoms with Crippen molar-refractivity contribution >= 4 is 22.0 Å². The highest BCUT2D eigenvalue weighted by atomic mass is 79.9. The Morgan fingerprint density at radius 1 is 1.00 bits per heavy atom. The van der Waals surface area contributed by atoms with Gasteiger partial charge in [-0.3, -0.25) is 4.90 Å². The molecule has 1 N–H and O–H groups in total. The van der Waals surface area contributed by atoms with Crippen molar-refractivity contribution in [2.75, 3.05) is 11.9 Å². The first-order valence-corrected chi connectivity index (χ1v) is 10.3. The van der Waals surface area contributed by atoms with E-state index in [-0.39, 0.29) is 12.1 Å². The van der Waals surface area contributed by atoms with Crippen LogP contribution in [0.25, 0.3) is 0 Å². The van der Waals surface area contributed by atoms with Crippen LogP contribution in [0.4, 0.5) is 4.79 Å². The summed E-state index contributed by atoms with van der Waals surface area (Å²) >= 11 is 3.53. The van der Waals surface area contributed by atoms with Gasteiger partial charge in [-0.1, -0.05) is 76.6 Å².